The molecular weight excluding hydrogens is 781 g/mol. The van der Waals surface area contributed by atoms with Crippen molar-refractivity contribution in [2.75, 3.05) is 0 Å². The maximum atomic E-state index is 2.37. The smallest absolute Gasteiger partial charge is 0.0541 e. The van der Waals surface area contributed by atoms with Crippen molar-refractivity contribution in [3.8, 4) is 54.5 Å². The van der Waals surface area contributed by atoms with Gasteiger partial charge in [-0.3, -0.25) is 0 Å². The van der Waals surface area contributed by atoms with Crippen molar-refractivity contribution in [2.45, 2.75) is 0 Å². The number of benzene rings is 10. The Morgan fingerprint density at radius 3 is 1.02 bits per heavy atom. The molecule has 0 radical (unpaired) electrons. The summed E-state index contributed by atoms with van der Waals surface area (Å²) in [6, 6.07) is 84.7. The van der Waals surface area contributed by atoms with E-state index in [-0.39, 0.29) is 0 Å². The topological polar surface area (TPSA) is 9.86 Å². The van der Waals surface area contributed by atoms with E-state index in [9.17, 15) is 0 Å². The van der Waals surface area contributed by atoms with Crippen LogP contribution in [-0.4, -0.2) is 9.13 Å². The lowest BCUT2D eigenvalue weighted by Gasteiger charge is -2.09. The SMILES string of the molecule is c1ccc(-n2c3ccccc3c3cc(-c4ccc5cc(-c6ccc(-c7ccc8cc(-c9ccc%10c(c9)c9ccccc9n%10-c9ccccc9)ccc8c7)s6)ccc5c4)ccc32)cc1. The molecule has 0 unspecified atom stereocenters. The van der Waals surface area contributed by atoms with Gasteiger partial charge in [-0.2, -0.15) is 0 Å². The number of hydrogen-bond acceptors (Lipinski definition) is 1. The molecule has 0 amide bonds. The molecule has 0 atom stereocenters. The molecular formula is C60H38N2S. The second-order valence-corrected chi connectivity index (χ2v) is 17.6. The molecule has 2 nitrogen and oxygen atoms in total. The normalized spacial score (nSPS) is 11.8. The van der Waals surface area contributed by atoms with Crippen LogP contribution < -0.4 is 0 Å². The van der Waals surface area contributed by atoms with Gasteiger partial charge in [-0.1, -0.05) is 133 Å². The zero-order valence-electron chi connectivity index (χ0n) is 34.2. The highest BCUT2D eigenvalue weighted by atomic mass is 32.1. The molecule has 3 heteroatoms. The molecule has 0 spiro atoms. The molecule has 0 aliphatic rings. The van der Waals surface area contributed by atoms with Gasteiger partial charge in [0, 0.05) is 42.7 Å². The lowest BCUT2D eigenvalue weighted by atomic mass is 9.98. The fourth-order valence-electron chi connectivity index (χ4n) is 9.82. The Labute approximate surface area is 368 Å². The molecule has 0 saturated carbocycles. The number of thiophene rings is 1. The number of hydrogen-bond donors (Lipinski definition) is 0. The molecule has 63 heavy (non-hydrogen) atoms. The predicted octanol–water partition coefficient (Wildman–Crippen LogP) is 16.9. The quantitative estimate of drug-likeness (QED) is 0.158. The summed E-state index contributed by atoms with van der Waals surface area (Å²) in [5, 5.41) is 10.1. The summed E-state index contributed by atoms with van der Waals surface area (Å²) in [7, 11) is 0. The second kappa shape index (κ2) is 14.3. The molecule has 13 rings (SSSR count). The number of fused-ring (bicyclic) bond motifs is 8. The van der Waals surface area contributed by atoms with E-state index in [1.54, 1.807) is 0 Å². The molecule has 3 heterocycles. The Kier molecular flexibility index (Phi) is 8.12. The molecule has 0 bridgehead atoms. The molecule has 0 fully saturated rings. The minimum Gasteiger partial charge on any atom is -0.309 e. The van der Waals surface area contributed by atoms with Crippen molar-refractivity contribution >= 4 is 76.5 Å². The van der Waals surface area contributed by atoms with E-state index >= 15 is 0 Å². The summed E-state index contributed by atoms with van der Waals surface area (Å²) < 4.78 is 4.74. The molecule has 0 N–H and O–H groups in total. The van der Waals surface area contributed by atoms with Crippen LogP contribution in [0.1, 0.15) is 0 Å². The van der Waals surface area contributed by atoms with Crippen molar-refractivity contribution < 1.29 is 0 Å². The highest BCUT2D eigenvalue weighted by Gasteiger charge is 2.16. The van der Waals surface area contributed by atoms with E-state index < -0.39 is 0 Å². The van der Waals surface area contributed by atoms with Gasteiger partial charge in [-0.15, -0.1) is 11.3 Å². The highest BCUT2D eigenvalue weighted by Crippen LogP contribution is 2.40. The Balaban J connectivity index is 0.781. The molecule has 0 saturated heterocycles. The van der Waals surface area contributed by atoms with E-state index in [4.69, 9.17) is 0 Å². The average molecular weight is 819 g/mol. The molecule has 0 aliphatic heterocycles. The summed E-state index contributed by atoms with van der Waals surface area (Å²) in [6.45, 7) is 0. The van der Waals surface area contributed by atoms with Gasteiger partial charge in [0.2, 0.25) is 0 Å². The number of nitrogens with zero attached hydrogens (tertiary/aromatic N) is 2. The molecule has 0 aliphatic carbocycles. The number of para-hydroxylation sites is 4. The van der Waals surface area contributed by atoms with Crippen LogP contribution in [0.25, 0.3) is 120 Å². The van der Waals surface area contributed by atoms with Gasteiger partial charge >= 0.3 is 0 Å². The van der Waals surface area contributed by atoms with Crippen LogP contribution in [0.3, 0.4) is 0 Å². The van der Waals surface area contributed by atoms with E-state index in [2.05, 4.69) is 240 Å². The summed E-state index contributed by atoms with van der Waals surface area (Å²) in [6.07, 6.45) is 0. The van der Waals surface area contributed by atoms with Crippen LogP contribution >= 0.6 is 11.3 Å². The second-order valence-electron chi connectivity index (χ2n) is 16.6. The minimum absolute atomic E-state index is 1.18. The Hall–Kier alpha value is -7.98. The van der Waals surface area contributed by atoms with Crippen molar-refractivity contribution in [1.29, 1.82) is 0 Å². The zero-order chi connectivity index (χ0) is 41.4. The van der Waals surface area contributed by atoms with Crippen LogP contribution in [0.5, 0.6) is 0 Å². The first-order valence-electron chi connectivity index (χ1n) is 21.6. The van der Waals surface area contributed by atoms with E-state index in [1.807, 2.05) is 11.3 Å². The zero-order valence-corrected chi connectivity index (χ0v) is 35.1. The van der Waals surface area contributed by atoms with Crippen molar-refractivity contribution in [2.24, 2.45) is 0 Å². The molecule has 10 aromatic carbocycles. The van der Waals surface area contributed by atoms with Gasteiger partial charge in [0.1, 0.15) is 0 Å². The van der Waals surface area contributed by atoms with Crippen LogP contribution in [-0.2, 0) is 0 Å². The first-order chi connectivity index (χ1) is 31.2. The maximum Gasteiger partial charge on any atom is 0.0541 e. The fraction of sp³-hybridized carbons (Fsp3) is 0. The Morgan fingerprint density at radius 1 is 0.238 bits per heavy atom. The van der Waals surface area contributed by atoms with Gasteiger partial charge in [0.15, 0.2) is 0 Å². The Morgan fingerprint density at radius 2 is 0.571 bits per heavy atom. The van der Waals surface area contributed by atoms with Crippen LogP contribution in [0.4, 0.5) is 0 Å². The predicted molar refractivity (Wildman–Crippen MR) is 270 cm³/mol. The van der Waals surface area contributed by atoms with Crippen molar-refractivity contribution in [1.82, 2.24) is 9.13 Å². The van der Waals surface area contributed by atoms with Crippen LogP contribution in [0, 0.1) is 0 Å². The summed E-state index contributed by atoms with van der Waals surface area (Å²) in [5.41, 5.74) is 14.6. The summed E-state index contributed by atoms with van der Waals surface area (Å²) in [4.78, 5) is 2.55. The molecule has 13 aromatic rings. The van der Waals surface area contributed by atoms with Gasteiger partial charge in [-0.05, 0) is 152 Å². The molecule has 3 aromatic heterocycles. The molecule has 294 valence electrons. The van der Waals surface area contributed by atoms with E-state index in [1.165, 1.54) is 120 Å². The van der Waals surface area contributed by atoms with Crippen LogP contribution in [0.15, 0.2) is 231 Å². The number of aromatic nitrogens is 2. The van der Waals surface area contributed by atoms with Crippen molar-refractivity contribution in [3.05, 3.63) is 231 Å². The van der Waals surface area contributed by atoms with Crippen molar-refractivity contribution in [3.63, 3.8) is 0 Å². The van der Waals surface area contributed by atoms with Gasteiger partial charge in [0.25, 0.3) is 0 Å². The fourth-order valence-corrected chi connectivity index (χ4v) is 10.8. The monoisotopic (exact) mass is 818 g/mol. The summed E-state index contributed by atoms with van der Waals surface area (Å²) in [5.74, 6) is 0. The highest BCUT2D eigenvalue weighted by molar-refractivity contribution is 7.18. The summed E-state index contributed by atoms with van der Waals surface area (Å²) >= 11 is 1.86. The van der Waals surface area contributed by atoms with Gasteiger partial charge < -0.3 is 9.13 Å². The third-order valence-electron chi connectivity index (χ3n) is 12.9. The first-order valence-corrected chi connectivity index (χ1v) is 22.4. The van der Waals surface area contributed by atoms with E-state index in [0.717, 1.165) is 0 Å². The lowest BCUT2D eigenvalue weighted by molar-refractivity contribution is 1.18. The average Bonchev–Trinajstić information content (AvgIpc) is 4.07. The maximum absolute atomic E-state index is 2.37. The van der Waals surface area contributed by atoms with Gasteiger partial charge in [0.05, 0.1) is 22.1 Å². The minimum atomic E-state index is 1.18. The first kappa shape index (κ1) is 35.7. The standard InChI is InChI=1S/C60H38N2S/c1-3-11-49(12-4-1)61-55-17-9-7-15-51(55)53-37-45(27-29-57(53)61)41-19-21-43-35-47(25-23-39(43)33-41)59-31-32-60(63-59)48-26-24-40-34-42(20-22-44(40)36-48)46-28-30-58-54(38-46)52-16-8-10-18-56(52)62(58)50-13-5-2-6-14-50/h1-38H. The van der Waals surface area contributed by atoms with E-state index in [0.29, 0.717) is 0 Å². The number of rotatable bonds is 6. The third kappa shape index (κ3) is 5.93. The van der Waals surface area contributed by atoms with Gasteiger partial charge in [-0.25, -0.2) is 0 Å². The third-order valence-corrected chi connectivity index (χ3v) is 14.1. The van der Waals surface area contributed by atoms with Crippen LogP contribution in [0.2, 0.25) is 0 Å². The Bertz CT molecular complexity index is 3650. The lowest BCUT2D eigenvalue weighted by Crippen LogP contribution is -1.92. The largest absolute Gasteiger partial charge is 0.309 e.